The molecule has 2 aliphatic rings. The Morgan fingerprint density at radius 3 is 2.95 bits per heavy atom. The van der Waals surface area contributed by atoms with Crippen LogP contribution in [0.25, 0.3) is 0 Å². The largest absolute Gasteiger partial charge is 0.381 e. The molecule has 19 heavy (non-hydrogen) atoms. The molecule has 2 fully saturated rings. The number of aromatic nitrogens is 2. The third-order valence-corrected chi connectivity index (χ3v) is 5.97. The first-order valence-electron chi connectivity index (χ1n) is 6.79. The van der Waals surface area contributed by atoms with Crippen LogP contribution in [-0.4, -0.2) is 51.5 Å². The summed E-state index contributed by atoms with van der Waals surface area (Å²) in [5, 5.41) is 5.00. The minimum Gasteiger partial charge on any atom is -0.381 e. The van der Waals surface area contributed by atoms with Crippen molar-refractivity contribution in [3.8, 4) is 0 Å². The molecule has 0 saturated carbocycles. The molecule has 0 bridgehead atoms. The molecule has 3 rings (SSSR count). The summed E-state index contributed by atoms with van der Waals surface area (Å²) in [6.45, 7) is 5.00. The summed E-state index contributed by atoms with van der Waals surface area (Å²) in [5.74, 6) is 1.20. The second kappa shape index (κ2) is 5.64. The van der Waals surface area contributed by atoms with Gasteiger partial charge in [0, 0.05) is 50.4 Å². The second-order valence-corrected chi connectivity index (χ2v) is 7.39. The highest BCUT2D eigenvalue weighted by Crippen LogP contribution is 2.39. The number of aryl methyl sites for hydroxylation is 1. The Balaban J connectivity index is 1.68. The van der Waals surface area contributed by atoms with Crippen LogP contribution in [0.2, 0.25) is 5.02 Å². The standard InChI is InChI=1S/C13H20ClN3OS/c1-16-12(11(14)8-15-16)9-17-4-7-19-13(10-17)2-5-18-6-3-13/h8H,2-7,9-10H2,1H3. The van der Waals surface area contributed by atoms with Gasteiger partial charge in [0.25, 0.3) is 0 Å². The summed E-state index contributed by atoms with van der Waals surface area (Å²) in [5.41, 5.74) is 1.12. The molecule has 106 valence electrons. The van der Waals surface area contributed by atoms with Crippen LogP contribution in [0.3, 0.4) is 0 Å². The summed E-state index contributed by atoms with van der Waals surface area (Å²) in [6, 6.07) is 0. The van der Waals surface area contributed by atoms with Gasteiger partial charge in [0.05, 0.1) is 16.9 Å². The van der Waals surface area contributed by atoms with Gasteiger partial charge in [-0.25, -0.2) is 0 Å². The zero-order valence-electron chi connectivity index (χ0n) is 11.3. The lowest BCUT2D eigenvalue weighted by Crippen LogP contribution is -2.49. The minimum absolute atomic E-state index is 0.404. The SMILES string of the molecule is Cn1ncc(Cl)c1CN1CCSC2(CCOCC2)C1. The molecule has 1 aromatic rings. The third kappa shape index (κ3) is 2.94. The van der Waals surface area contributed by atoms with Crippen molar-refractivity contribution in [3.63, 3.8) is 0 Å². The van der Waals surface area contributed by atoms with Crippen LogP contribution in [0.4, 0.5) is 0 Å². The van der Waals surface area contributed by atoms with Crippen molar-refractivity contribution in [1.82, 2.24) is 14.7 Å². The maximum absolute atomic E-state index is 6.21. The van der Waals surface area contributed by atoms with Gasteiger partial charge >= 0.3 is 0 Å². The van der Waals surface area contributed by atoms with E-state index < -0.39 is 0 Å². The smallest absolute Gasteiger partial charge is 0.0831 e. The summed E-state index contributed by atoms with van der Waals surface area (Å²) in [4.78, 5) is 2.52. The summed E-state index contributed by atoms with van der Waals surface area (Å²) >= 11 is 8.34. The van der Waals surface area contributed by atoms with E-state index in [1.807, 2.05) is 11.7 Å². The van der Waals surface area contributed by atoms with Crippen LogP contribution in [0.15, 0.2) is 6.20 Å². The van der Waals surface area contributed by atoms with Crippen molar-refractivity contribution < 1.29 is 4.74 Å². The molecule has 6 heteroatoms. The molecule has 0 aromatic carbocycles. The molecular formula is C13H20ClN3OS. The summed E-state index contributed by atoms with van der Waals surface area (Å²) < 4.78 is 7.80. The van der Waals surface area contributed by atoms with Crippen LogP contribution >= 0.6 is 23.4 Å². The highest BCUT2D eigenvalue weighted by Gasteiger charge is 2.37. The van der Waals surface area contributed by atoms with Gasteiger partial charge in [0.2, 0.25) is 0 Å². The van der Waals surface area contributed by atoms with Crippen molar-refractivity contribution in [2.24, 2.45) is 7.05 Å². The number of halogens is 1. The van der Waals surface area contributed by atoms with Crippen LogP contribution in [0.5, 0.6) is 0 Å². The molecular weight excluding hydrogens is 282 g/mol. The monoisotopic (exact) mass is 301 g/mol. The van der Waals surface area contributed by atoms with Crippen molar-refractivity contribution >= 4 is 23.4 Å². The fraction of sp³-hybridized carbons (Fsp3) is 0.769. The topological polar surface area (TPSA) is 30.3 Å². The Hall–Kier alpha value is -0.230. The zero-order chi connectivity index (χ0) is 13.3. The second-order valence-electron chi connectivity index (χ2n) is 5.42. The number of hydrogen-bond acceptors (Lipinski definition) is 4. The van der Waals surface area contributed by atoms with E-state index in [1.165, 1.54) is 18.6 Å². The summed E-state index contributed by atoms with van der Waals surface area (Å²) in [6.07, 6.45) is 4.08. The van der Waals surface area contributed by atoms with Crippen molar-refractivity contribution in [3.05, 3.63) is 16.9 Å². The molecule has 0 radical (unpaired) electrons. The highest BCUT2D eigenvalue weighted by molar-refractivity contribution is 8.00. The van der Waals surface area contributed by atoms with Crippen molar-refractivity contribution in [1.29, 1.82) is 0 Å². The normalized spacial score (nSPS) is 23.9. The average molecular weight is 302 g/mol. The number of thioether (sulfide) groups is 1. The fourth-order valence-corrected chi connectivity index (χ4v) is 4.67. The van der Waals surface area contributed by atoms with E-state index in [4.69, 9.17) is 16.3 Å². The van der Waals surface area contributed by atoms with Gasteiger partial charge < -0.3 is 4.74 Å². The summed E-state index contributed by atoms with van der Waals surface area (Å²) in [7, 11) is 1.96. The van der Waals surface area contributed by atoms with Gasteiger partial charge in [-0.3, -0.25) is 9.58 Å². The molecule has 1 aromatic heterocycles. The lowest BCUT2D eigenvalue weighted by molar-refractivity contribution is 0.0622. The van der Waals surface area contributed by atoms with Gasteiger partial charge in [-0.15, -0.1) is 0 Å². The van der Waals surface area contributed by atoms with Gasteiger partial charge in [0.1, 0.15) is 0 Å². The van der Waals surface area contributed by atoms with Gasteiger partial charge in [-0.1, -0.05) is 11.6 Å². The van der Waals surface area contributed by atoms with E-state index in [-0.39, 0.29) is 0 Å². The van der Waals surface area contributed by atoms with E-state index in [0.29, 0.717) is 4.75 Å². The number of nitrogens with zero attached hydrogens (tertiary/aromatic N) is 3. The molecule has 1 spiro atoms. The third-order valence-electron chi connectivity index (χ3n) is 4.12. The molecule has 0 atom stereocenters. The zero-order valence-corrected chi connectivity index (χ0v) is 12.8. The minimum atomic E-state index is 0.404. The molecule has 4 nitrogen and oxygen atoms in total. The first-order valence-corrected chi connectivity index (χ1v) is 8.15. The molecule has 2 saturated heterocycles. The lowest BCUT2D eigenvalue weighted by Gasteiger charge is -2.44. The molecule has 0 amide bonds. The predicted molar refractivity (Wildman–Crippen MR) is 78.7 cm³/mol. The van der Waals surface area contributed by atoms with Crippen LogP contribution < -0.4 is 0 Å². The highest BCUT2D eigenvalue weighted by atomic mass is 35.5. The van der Waals surface area contributed by atoms with E-state index in [9.17, 15) is 0 Å². The Bertz CT molecular complexity index is 420. The maximum atomic E-state index is 6.21. The molecule has 0 N–H and O–H groups in total. The van der Waals surface area contributed by atoms with Crippen LogP contribution in [-0.2, 0) is 18.3 Å². The Morgan fingerprint density at radius 2 is 2.26 bits per heavy atom. The van der Waals surface area contributed by atoms with E-state index in [2.05, 4.69) is 21.8 Å². The first kappa shape index (κ1) is 13.7. The Kier molecular flexibility index (Phi) is 4.08. The van der Waals surface area contributed by atoms with Gasteiger partial charge in [-0.2, -0.15) is 16.9 Å². The maximum Gasteiger partial charge on any atom is 0.0831 e. The molecule has 0 aliphatic carbocycles. The number of rotatable bonds is 2. The lowest BCUT2D eigenvalue weighted by atomic mass is 9.98. The van der Waals surface area contributed by atoms with E-state index >= 15 is 0 Å². The number of hydrogen-bond donors (Lipinski definition) is 0. The fourth-order valence-electron chi connectivity index (χ4n) is 2.93. The Morgan fingerprint density at radius 1 is 1.47 bits per heavy atom. The van der Waals surface area contributed by atoms with E-state index in [1.54, 1.807) is 6.20 Å². The molecule has 2 aliphatic heterocycles. The average Bonchev–Trinajstić information content (AvgIpc) is 2.72. The van der Waals surface area contributed by atoms with Crippen molar-refractivity contribution in [2.45, 2.75) is 24.1 Å². The van der Waals surface area contributed by atoms with Crippen LogP contribution in [0, 0.1) is 0 Å². The first-order chi connectivity index (χ1) is 9.19. The van der Waals surface area contributed by atoms with Gasteiger partial charge in [0.15, 0.2) is 0 Å². The molecule has 3 heterocycles. The van der Waals surface area contributed by atoms with E-state index in [0.717, 1.165) is 43.6 Å². The van der Waals surface area contributed by atoms with Crippen molar-refractivity contribution in [2.75, 3.05) is 32.1 Å². The quantitative estimate of drug-likeness (QED) is 0.837. The predicted octanol–water partition coefficient (Wildman–Crippen LogP) is 2.17. The van der Waals surface area contributed by atoms with Gasteiger partial charge in [-0.05, 0) is 12.8 Å². The van der Waals surface area contributed by atoms with Crippen LogP contribution in [0.1, 0.15) is 18.5 Å². The Labute approximate surface area is 123 Å². The number of ether oxygens (including phenoxy) is 1. The molecule has 0 unspecified atom stereocenters.